The maximum absolute atomic E-state index is 10.6. The zero-order valence-corrected chi connectivity index (χ0v) is 9.75. The Bertz CT molecular complexity index is 433. The van der Waals surface area contributed by atoms with E-state index in [2.05, 4.69) is 0 Å². The number of hydrogen-bond donors (Lipinski definition) is 2. The number of benzene rings is 1. The summed E-state index contributed by atoms with van der Waals surface area (Å²) in [6.45, 7) is 0.333. The minimum Gasteiger partial charge on any atom is -0.362 e. The molecule has 3 N–H and O–H groups in total. The van der Waals surface area contributed by atoms with E-state index in [-0.39, 0.29) is 0 Å². The summed E-state index contributed by atoms with van der Waals surface area (Å²) in [6, 6.07) is 6.76. The van der Waals surface area contributed by atoms with Crippen LogP contribution in [-0.2, 0) is 9.15 Å². The molecule has 0 aliphatic carbocycles. The van der Waals surface area contributed by atoms with E-state index in [0.29, 0.717) is 22.4 Å². The molecule has 0 spiro atoms. The van der Waals surface area contributed by atoms with Crippen molar-refractivity contribution in [1.29, 1.82) is 0 Å². The van der Waals surface area contributed by atoms with Crippen LogP contribution in [0.3, 0.4) is 0 Å². The lowest BCUT2D eigenvalue weighted by molar-refractivity contribution is 0.503. The molecule has 7 heteroatoms. The van der Waals surface area contributed by atoms with Gasteiger partial charge < -0.3 is 10.6 Å². The second-order valence-electron chi connectivity index (χ2n) is 2.89. The van der Waals surface area contributed by atoms with Gasteiger partial charge in [-0.1, -0.05) is 6.07 Å². The molecular weight excluding hydrogens is 236 g/mol. The first kappa shape index (κ1) is 12.3. The Hall–Kier alpha value is -0.760. The van der Waals surface area contributed by atoms with E-state index in [0.717, 1.165) is 5.69 Å². The quantitative estimate of drug-likeness (QED) is 0.468. The van der Waals surface area contributed by atoms with E-state index in [1.807, 2.05) is 0 Å². The van der Waals surface area contributed by atoms with Crippen molar-refractivity contribution in [3.63, 3.8) is 0 Å². The summed E-state index contributed by atoms with van der Waals surface area (Å²) in [5, 5.41) is 0. The van der Waals surface area contributed by atoms with Crippen molar-refractivity contribution in [3.8, 4) is 0 Å². The molecular formula is C8H12N2O3S2. The topological polar surface area (TPSA) is 83.6 Å². The number of hydrogen-bond acceptors (Lipinski definition) is 5. The van der Waals surface area contributed by atoms with Crippen LogP contribution in [0.4, 0.5) is 5.69 Å². The molecule has 1 rings (SSSR count). The van der Waals surface area contributed by atoms with Gasteiger partial charge in [-0.25, -0.2) is 0 Å². The van der Waals surface area contributed by atoms with Gasteiger partial charge in [-0.3, -0.25) is 4.55 Å². The molecule has 0 aliphatic rings. The molecule has 84 valence electrons. The van der Waals surface area contributed by atoms with Crippen molar-refractivity contribution in [2.24, 2.45) is 5.73 Å². The maximum atomic E-state index is 10.6. The molecule has 0 radical (unpaired) electrons. The fourth-order valence-electron chi connectivity index (χ4n) is 1.000. The summed E-state index contributed by atoms with van der Waals surface area (Å²) in [6.07, 6.45) is 0. The fourth-order valence-corrected chi connectivity index (χ4v) is 2.59. The van der Waals surface area contributed by atoms with Crippen molar-refractivity contribution < 1.29 is 13.0 Å². The van der Waals surface area contributed by atoms with Crippen molar-refractivity contribution in [2.45, 2.75) is 4.90 Å². The predicted molar refractivity (Wildman–Crippen MR) is 61.3 cm³/mol. The summed E-state index contributed by atoms with van der Waals surface area (Å²) in [5.74, 6) is 0. The van der Waals surface area contributed by atoms with Gasteiger partial charge in [0, 0.05) is 28.4 Å². The molecule has 0 saturated carbocycles. The summed E-state index contributed by atoms with van der Waals surface area (Å²) >= 11 is 0. The Balaban J connectivity index is 2.93. The van der Waals surface area contributed by atoms with E-state index in [1.165, 1.54) is 0 Å². The van der Waals surface area contributed by atoms with Gasteiger partial charge in [0.15, 0.2) is 0 Å². The van der Waals surface area contributed by atoms with Gasteiger partial charge >= 0.3 is 9.15 Å². The summed E-state index contributed by atoms with van der Waals surface area (Å²) in [5.41, 5.74) is 6.23. The van der Waals surface area contributed by atoms with Crippen molar-refractivity contribution in [2.75, 3.05) is 18.6 Å². The minimum atomic E-state index is -4.06. The molecule has 1 aromatic carbocycles. The summed E-state index contributed by atoms with van der Waals surface area (Å²) in [7, 11) is -1.87. The number of anilines is 1. The van der Waals surface area contributed by atoms with Crippen molar-refractivity contribution >= 4 is 25.6 Å². The summed E-state index contributed by atoms with van der Waals surface area (Å²) in [4.78, 5) is 2.21. The van der Waals surface area contributed by atoms with Crippen molar-refractivity contribution in [3.05, 3.63) is 24.3 Å². The van der Waals surface area contributed by atoms with E-state index in [9.17, 15) is 8.42 Å². The SMILES string of the molecule is CN(CN)c1cccc(SS(=O)(=O)O)c1. The average Bonchev–Trinajstić information content (AvgIpc) is 2.14. The first-order chi connectivity index (χ1) is 6.92. The van der Waals surface area contributed by atoms with E-state index >= 15 is 0 Å². The molecule has 0 aliphatic heterocycles. The standard InChI is InChI=1S/C8H12N2O3S2/c1-10(6-9)7-3-2-4-8(5-7)14-15(11,12)13/h2-5H,6,9H2,1H3,(H,11,12,13). The highest BCUT2D eigenvalue weighted by Gasteiger charge is 2.08. The highest BCUT2D eigenvalue weighted by Crippen LogP contribution is 2.26. The van der Waals surface area contributed by atoms with E-state index in [4.69, 9.17) is 10.3 Å². The first-order valence-corrected chi connectivity index (χ1v) is 6.88. The number of nitrogens with two attached hydrogens (primary N) is 1. The Kier molecular flexibility index (Phi) is 3.97. The van der Waals surface area contributed by atoms with Crippen LogP contribution in [-0.4, -0.2) is 26.7 Å². The monoisotopic (exact) mass is 248 g/mol. The number of nitrogens with zero attached hydrogens (tertiary/aromatic N) is 1. The van der Waals surface area contributed by atoms with Gasteiger partial charge in [-0.2, -0.15) is 8.42 Å². The Morgan fingerprint density at radius 2 is 2.20 bits per heavy atom. The van der Waals surface area contributed by atoms with Crippen LogP contribution < -0.4 is 10.6 Å². The molecule has 5 nitrogen and oxygen atoms in total. The van der Waals surface area contributed by atoms with Crippen LogP contribution in [0.1, 0.15) is 0 Å². The Labute approximate surface area is 92.4 Å². The van der Waals surface area contributed by atoms with Gasteiger partial charge in [-0.15, -0.1) is 0 Å². The van der Waals surface area contributed by atoms with E-state index in [1.54, 1.807) is 36.2 Å². The highest BCUT2D eigenvalue weighted by atomic mass is 33.1. The van der Waals surface area contributed by atoms with Gasteiger partial charge in [0.25, 0.3) is 0 Å². The largest absolute Gasteiger partial charge is 0.362 e. The number of rotatable bonds is 4. The Morgan fingerprint density at radius 1 is 1.53 bits per heavy atom. The van der Waals surface area contributed by atoms with Crippen LogP contribution in [0.5, 0.6) is 0 Å². The summed E-state index contributed by atoms with van der Waals surface area (Å²) < 4.78 is 29.9. The molecule has 0 aromatic heterocycles. The van der Waals surface area contributed by atoms with Gasteiger partial charge in [0.05, 0.1) is 6.67 Å². The third-order valence-electron chi connectivity index (χ3n) is 1.73. The molecule has 0 fully saturated rings. The molecule has 0 amide bonds. The third-order valence-corrected chi connectivity index (χ3v) is 3.60. The lowest BCUT2D eigenvalue weighted by Gasteiger charge is -2.16. The fraction of sp³-hybridized carbons (Fsp3) is 0.250. The molecule has 0 heterocycles. The predicted octanol–water partition coefficient (Wildman–Crippen LogP) is 0.934. The zero-order chi connectivity index (χ0) is 11.5. The van der Waals surface area contributed by atoms with Crippen LogP contribution in [0, 0.1) is 0 Å². The maximum Gasteiger partial charge on any atom is 0.324 e. The van der Waals surface area contributed by atoms with Crippen LogP contribution in [0.25, 0.3) is 0 Å². The first-order valence-electron chi connectivity index (χ1n) is 4.10. The smallest absolute Gasteiger partial charge is 0.324 e. The zero-order valence-electron chi connectivity index (χ0n) is 8.12. The molecule has 0 unspecified atom stereocenters. The molecule has 0 bridgehead atoms. The second kappa shape index (κ2) is 4.84. The van der Waals surface area contributed by atoms with E-state index < -0.39 is 9.15 Å². The molecule has 1 aromatic rings. The van der Waals surface area contributed by atoms with Gasteiger partial charge in [0.2, 0.25) is 0 Å². The van der Waals surface area contributed by atoms with Crippen LogP contribution >= 0.6 is 10.8 Å². The molecule has 15 heavy (non-hydrogen) atoms. The van der Waals surface area contributed by atoms with Crippen molar-refractivity contribution in [1.82, 2.24) is 0 Å². The van der Waals surface area contributed by atoms with Gasteiger partial charge in [0.1, 0.15) is 0 Å². The van der Waals surface area contributed by atoms with Gasteiger partial charge in [-0.05, 0) is 18.2 Å². The normalized spacial score (nSPS) is 11.4. The van der Waals surface area contributed by atoms with Crippen LogP contribution in [0.2, 0.25) is 0 Å². The Morgan fingerprint density at radius 3 is 2.73 bits per heavy atom. The molecule has 0 saturated heterocycles. The van der Waals surface area contributed by atoms with Crippen LogP contribution in [0.15, 0.2) is 29.2 Å². The third kappa shape index (κ3) is 4.08. The molecule has 0 atom stereocenters. The lowest BCUT2D eigenvalue weighted by Crippen LogP contribution is -2.24. The minimum absolute atomic E-state index is 0.333. The average molecular weight is 248 g/mol. The highest BCUT2D eigenvalue weighted by molar-refractivity contribution is 8.69. The second-order valence-corrected chi connectivity index (χ2v) is 6.15. The lowest BCUT2D eigenvalue weighted by atomic mass is 10.3.